The van der Waals surface area contributed by atoms with Crippen LogP contribution >= 0.6 is 15.9 Å². The molecule has 7 heteroatoms. The molecule has 0 aliphatic heterocycles. The summed E-state index contributed by atoms with van der Waals surface area (Å²) in [6.07, 6.45) is 1.43. The molecular weight excluding hydrogens is 292 g/mol. The highest BCUT2D eigenvalue weighted by Crippen LogP contribution is 2.26. The third-order valence-electron chi connectivity index (χ3n) is 2.19. The third kappa shape index (κ3) is 2.01. The number of nitrogens with one attached hydrogen (secondary N) is 1. The Morgan fingerprint density at radius 2 is 2.29 bits per heavy atom. The van der Waals surface area contributed by atoms with E-state index in [4.69, 9.17) is 9.52 Å². The van der Waals surface area contributed by atoms with Gasteiger partial charge in [0.25, 0.3) is 5.56 Å². The quantitative estimate of drug-likeness (QED) is 0.881. The minimum Gasteiger partial charge on any atom is -0.477 e. The summed E-state index contributed by atoms with van der Waals surface area (Å²) >= 11 is 3.15. The molecule has 6 nitrogen and oxygen atoms in total. The van der Waals surface area contributed by atoms with Crippen LogP contribution in [0.1, 0.15) is 16.1 Å². The second kappa shape index (κ2) is 4.17. The molecule has 2 aromatic rings. The van der Waals surface area contributed by atoms with Crippen LogP contribution < -0.4 is 5.56 Å². The zero-order valence-electron chi connectivity index (χ0n) is 8.65. The van der Waals surface area contributed by atoms with Gasteiger partial charge in [-0.05, 0) is 28.9 Å². The summed E-state index contributed by atoms with van der Waals surface area (Å²) in [6, 6.07) is 1.61. The minimum absolute atomic E-state index is 0.157. The lowest BCUT2D eigenvalue weighted by atomic mass is 10.2. The van der Waals surface area contributed by atoms with E-state index in [1.807, 2.05) is 0 Å². The van der Waals surface area contributed by atoms with Crippen LogP contribution in [0.25, 0.3) is 11.4 Å². The smallest absolute Gasteiger partial charge is 0.343 e. The molecule has 0 aromatic carbocycles. The van der Waals surface area contributed by atoms with Crippen LogP contribution in [0.15, 0.2) is 26.2 Å². The molecule has 17 heavy (non-hydrogen) atoms. The number of aryl methyl sites for hydroxylation is 1. The molecule has 0 saturated heterocycles. The molecular formula is C10H7BrN2O4. The number of aromatic carboxylic acids is 1. The first kappa shape index (κ1) is 11.6. The molecule has 0 atom stereocenters. The first-order valence-corrected chi connectivity index (χ1v) is 5.37. The number of rotatable bonds is 2. The number of carbonyl (C=O) groups is 1. The average Bonchev–Trinajstić information content (AvgIpc) is 2.62. The lowest BCUT2D eigenvalue weighted by Gasteiger charge is -2.02. The number of nitrogens with zero attached hydrogens (tertiary/aromatic N) is 1. The topological polar surface area (TPSA) is 96.2 Å². The summed E-state index contributed by atoms with van der Waals surface area (Å²) in [5, 5.41) is 8.83. The van der Waals surface area contributed by atoms with Gasteiger partial charge in [-0.15, -0.1) is 0 Å². The predicted molar refractivity (Wildman–Crippen MR) is 62.0 cm³/mol. The molecule has 2 aromatic heterocycles. The SMILES string of the molecule is Cc1nc(-c2ccoc2Br)[nH]c(=O)c1C(=O)O. The summed E-state index contributed by atoms with van der Waals surface area (Å²) < 4.78 is 5.43. The summed E-state index contributed by atoms with van der Waals surface area (Å²) in [5.74, 6) is -1.04. The Bertz CT molecular complexity index is 644. The van der Waals surface area contributed by atoms with Crippen molar-refractivity contribution in [3.8, 4) is 11.4 Å². The lowest BCUT2D eigenvalue weighted by molar-refractivity contribution is 0.0693. The highest BCUT2D eigenvalue weighted by Gasteiger charge is 2.17. The normalized spacial score (nSPS) is 10.5. The van der Waals surface area contributed by atoms with E-state index in [1.165, 1.54) is 13.2 Å². The number of H-pyrrole nitrogens is 1. The molecule has 0 unspecified atom stereocenters. The highest BCUT2D eigenvalue weighted by atomic mass is 79.9. The van der Waals surface area contributed by atoms with Crippen LogP contribution in [0.2, 0.25) is 0 Å². The second-order valence-corrected chi connectivity index (χ2v) is 4.01. The highest BCUT2D eigenvalue weighted by molar-refractivity contribution is 9.10. The van der Waals surface area contributed by atoms with Crippen LogP contribution in [0.5, 0.6) is 0 Å². The van der Waals surface area contributed by atoms with Crippen molar-refractivity contribution in [2.75, 3.05) is 0 Å². The molecule has 0 fully saturated rings. The van der Waals surface area contributed by atoms with Gasteiger partial charge in [-0.2, -0.15) is 0 Å². The number of hydrogen-bond donors (Lipinski definition) is 2. The Labute approximate surface area is 103 Å². The van der Waals surface area contributed by atoms with E-state index in [0.717, 1.165) is 0 Å². The molecule has 2 rings (SSSR count). The van der Waals surface area contributed by atoms with Crippen LogP contribution in [0, 0.1) is 6.92 Å². The minimum atomic E-state index is -1.30. The van der Waals surface area contributed by atoms with Crippen molar-refractivity contribution in [3.63, 3.8) is 0 Å². The lowest BCUT2D eigenvalue weighted by Crippen LogP contribution is -2.21. The predicted octanol–water partition coefficient (Wildman–Crippen LogP) is 1.80. The van der Waals surface area contributed by atoms with Crippen molar-refractivity contribution in [3.05, 3.63) is 38.6 Å². The van der Waals surface area contributed by atoms with Gasteiger partial charge in [0.05, 0.1) is 17.5 Å². The van der Waals surface area contributed by atoms with Crippen molar-refractivity contribution in [1.82, 2.24) is 9.97 Å². The van der Waals surface area contributed by atoms with E-state index in [9.17, 15) is 9.59 Å². The van der Waals surface area contributed by atoms with Gasteiger partial charge < -0.3 is 14.5 Å². The van der Waals surface area contributed by atoms with Crippen molar-refractivity contribution in [2.24, 2.45) is 0 Å². The number of hydrogen-bond acceptors (Lipinski definition) is 4. The molecule has 0 radical (unpaired) electrons. The van der Waals surface area contributed by atoms with Gasteiger partial charge in [-0.25, -0.2) is 9.78 Å². The Morgan fingerprint density at radius 3 is 2.76 bits per heavy atom. The van der Waals surface area contributed by atoms with Gasteiger partial charge in [0.15, 0.2) is 4.67 Å². The van der Waals surface area contributed by atoms with Gasteiger partial charge >= 0.3 is 5.97 Å². The fourth-order valence-electron chi connectivity index (χ4n) is 1.43. The molecule has 2 heterocycles. The first-order chi connectivity index (χ1) is 8.00. The van der Waals surface area contributed by atoms with E-state index < -0.39 is 11.5 Å². The zero-order chi connectivity index (χ0) is 12.6. The maximum absolute atomic E-state index is 11.6. The van der Waals surface area contributed by atoms with Crippen molar-refractivity contribution in [1.29, 1.82) is 0 Å². The maximum Gasteiger partial charge on any atom is 0.343 e. The molecule has 0 aliphatic rings. The van der Waals surface area contributed by atoms with Gasteiger partial charge in [0, 0.05) is 0 Å². The summed E-state index contributed by atoms with van der Waals surface area (Å²) in [5.41, 5.74) is -0.326. The van der Waals surface area contributed by atoms with Crippen LogP contribution in [0.4, 0.5) is 0 Å². The number of halogens is 1. The van der Waals surface area contributed by atoms with Gasteiger partial charge in [0.2, 0.25) is 0 Å². The molecule has 0 saturated carbocycles. The molecule has 0 amide bonds. The monoisotopic (exact) mass is 298 g/mol. The van der Waals surface area contributed by atoms with Gasteiger partial charge in [-0.3, -0.25) is 4.79 Å². The maximum atomic E-state index is 11.6. The van der Waals surface area contributed by atoms with E-state index in [0.29, 0.717) is 10.2 Å². The average molecular weight is 299 g/mol. The summed E-state index contributed by atoms with van der Waals surface area (Å²) in [4.78, 5) is 28.8. The van der Waals surface area contributed by atoms with E-state index >= 15 is 0 Å². The Morgan fingerprint density at radius 1 is 1.59 bits per heavy atom. The standard InChI is InChI=1S/C10H7BrN2O4/c1-4-6(10(15)16)9(14)13-8(12-4)5-2-3-17-7(5)11/h2-3H,1H3,(H,15,16)(H,12,13,14). The molecule has 0 bridgehead atoms. The van der Waals surface area contributed by atoms with Gasteiger partial charge in [-0.1, -0.05) is 0 Å². The molecule has 0 spiro atoms. The van der Waals surface area contributed by atoms with Gasteiger partial charge in [0.1, 0.15) is 11.4 Å². The van der Waals surface area contributed by atoms with Crippen molar-refractivity contribution >= 4 is 21.9 Å². The largest absolute Gasteiger partial charge is 0.477 e. The number of carboxylic acid groups (broad SMARTS) is 1. The second-order valence-electron chi connectivity index (χ2n) is 3.29. The number of aromatic amines is 1. The van der Waals surface area contributed by atoms with Crippen LogP contribution in [0.3, 0.4) is 0 Å². The van der Waals surface area contributed by atoms with E-state index in [1.54, 1.807) is 6.07 Å². The Kier molecular flexibility index (Phi) is 2.84. The van der Waals surface area contributed by atoms with Crippen molar-refractivity contribution in [2.45, 2.75) is 6.92 Å². The number of aromatic nitrogens is 2. The fraction of sp³-hybridized carbons (Fsp3) is 0.100. The van der Waals surface area contributed by atoms with E-state index in [-0.39, 0.29) is 17.1 Å². The van der Waals surface area contributed by atoms with Crippen molar-refractivity contribution < 1.29 is 14.3 Å². The van der Waals surface area contributed by atoms with Crippen LogP contribution in [-0.4, -0.2) is 21.0 Å². The first-order valence-electron chi connectivity index (χ1n) is 4.58. The Hall–Kier alpha value is -1.89. The molecule has 2 N–H and O–H groups in total. The Balaban J connectivity index is 2.65. The molecule has 88 valence electrons. The zero-order valence-corrected chi connectivity index (χ0v) is 10.2. The van der Waals surface area contributed by atoms with Crippen LogP contribution in [-0.2, 0) is 0 Å². The number of carboxylic acids is 1. The third-order valence-corrected chi connectivity index (χ3v) is 2.80. The fourth-order valence-corrected chi connectivity index (χ4v) is 1.86. The van der Waals surface area contributed by atoms with E-state index in [2.05, 4.69) is 25.9 Å². The molecule has 0 aliphatic carbocycles. The number of furan rings is 1. The summed E-state index contributed by atoms with van der Waals surface area (Å²) in [6.45, 7) is 1.47. The summed E-state index contributed by atoms with van der Waals surface area (Å²) in [7, 11) is 0.